The van der Waals surface area contributed by atoms with E-state index in [-0.39, 0.29) is 18.3 Å². The summed E-state index contributed by atoms with van der Waals surface area (Å²) < 4.78 is 10.7. The van der Waals surface area contributed by atoms with Gasteiger partial charge in [0.1, 0.15) is 0 Å². The zero-order valence-corrected chi connectivity index (χ0v) is 12.4. The Morgan fingerprint density at radius 2 is 2.19 bits per heavy atom. The first-order valence-corrected chi connectivity index (χ1v) is 7.08. The molecule has 0 aliphatic carbocycles. The molecule has 8 heteroatoms. The first kappa shape index (κ1) is 14.5. The zero-order valence-electron chi connectivity index (χ0n) is 11.5. The fourth-order valence-corrected chi connectivity index (χ4v) is 2.82. The van der Waals surface area contributed by atoms with Crippen LogP contribution >= 0.6 is 12.4 Å². The van der Waals surface area contributed by atoms with Gasteiger partial charge in [-0.1, -0.05) is 5.16 Å². The molecule has 0 saturated carbocycles. The Bertz CT molecular complexity index is 535. The van der Waals surface area contributed by atoms with Gasteiger partial charge in [-0.25, -0.2) is 0 Å². The van der Waals surface area contributed by atoms with Crippen LogP contribution in [-0.2, 0) is 4.74 Å². The van der Waals surface area contributed by atoms with Crippen molar-refractivity contribution in [1.29, 1.82) is 0 Å². The van der Waals surface area contributed by atoms with Crippen LogP contribution in [0.5, 0.6) is 0 Å². The normalized spacial score (nSPS) is 25.1. The first-order chi connectivity index (χ1) is 9.90. The van der Waals surface area contributed by atoms with Gasteiger partial charge in [0.15, 0.2) is 11.5 Å². The molecule has 2 saturated heterocycles. The predicted octanol–water partition coefficient (Wildman–Crippen LogP) is 1.46. The van der Waals surface area contributed by atoms with E-state index in [1.165, 1.54) is 0 Å². The van der Waals surface area contributed by atoms with Crippen molar-refractivity contribution in [2.24, 2.45) is 0 Å². The molecule has 2 N–H and O–H groups in total. The fraction of sp³-hybridized carbons (Fsp3) is 0.615. The van der Waals surface area contributed by atoms with E-state index < -0.39 is 0 Å². The lowest BCUT2D eigenvalue weighted by Crippen LogP contribution is -2.08. The largest absolute Gasteiger partial charge is 0.381 e. The van der Waals surface area contributed by atoms with Gasteiger partial charge in [-0.3, -0.25) is 5.10 Å². The van der Waals surface area contributed by atoms with Crippen molar-refractivity contribution < 1.29 is 9.26 Å². The molecule has 0 spiro atoms. The van der Waals surface area contributed by atoms with Crippen LogP contribution in [0.15, 0.2) is 10.6 Å². The van der Waals surface area contributed by atoms with E-state index in [0.717, 1.165) is 49.8 Å². The number of nitrogens with zero attached hydrogens (tertiary/aromatic N) is 3. The second-order valence-electron chi connectivity index (χ2n) is 5.42. The molecule has 0 radical (unpaired) electrons. The van der Waals surface area contributed by atoms with E-state index in [2.05, 4.69) is 25.7 Å². The summed E-state index contributed by atoms with van der Waals surface area (Å²) >= 11 is 0. The molecular formula is C13H18ClN5O2. The first-order valence-electron chi connectivity index (χ1n) is 7.08. The average molecular weight is 312 g/mol. The predicted molar refractivity (Wildman–Crippen MR) is 77.5 cm³/mol. The highest BCUT2D eigenvalue weighted by molar-refractivity contribution is 5.85. The lowest BCUT2D eigenvalue weighted by molar-refractivity contribution is 0.192. The van der Waals surface area contributed by atoms with Crippen molar-refractivity contribution >= 4 is 12.4 Å². The molecule has 2 aliphatic rings. The molecule has 4 rings (SSSR count). The van der Waals surface area contributed by atoms with Gasteiger partial charge in [0, 0.05) is 30.7 Å². The van der Waals surface area contributed by atoms with Gasteiger partial charge in [0.2, 0.25) is 0 Å². The van der Waals surface area contributed by atoms with Crippen LogP contribution in [0.4, 0.5) is 0 Å². The summed E-state index contributed by atoms with van der Waals surface area (Å²) in [5, 5.41) is 14.8. The number of halogens is 1. The summed E-state index contributed by atoms with van der Waals surface area (Å²) in [4.78, 5) is 4.45. The molecule has 4 heterocycles. The van der Waals surface area contributed by atoms with Gasteiger partial charge in [-0.15, -0.1) is 12.4 Å². The van der Waals surface area contributed by atoms with Crippen LogP contribution in [0.1, 0.15) is 36.2 Å². The third-order valence-corrected chi connectivity index (χ3v) is 4.05. The summed E-state index contributed by atoms with van der Waals surface area (Å²) in [5.74, 6) is 1.97. The number of hydrogen-bond donors (Lipinski definition) is 2. The second-order valence-corrected chi connectivity index (χ2v) is 5.42. The Balaban J connectivity index is 0.00000132. The highest BCUT2D eigenvalue weighted by atomic mass is 35.5. The van der Waals surface area contributed by atoms with Crippen LogP contribution in [0.3, 0.4) is 0 Å². The maximum absolute atomic E-state index is 5.35. The molecule has 0 aromatic carbocycles. The van der Waals surface area contributed by atoms with Gasteiger partial charge >= 0.3 is 0 Å². The Morgan fingerprint density at radius 3 is 2.95 bits per heavy atom. The zero-order chi connectivity index (χ0) is 13.4. The van der Waals surface area contributed by atoms with Crippen molar-refractivity contribution in [3.63, 3.8) is 0 Å². The summed E-state index contributed by atoms with van der Waals surface area (Å²) in [7, 11) is 0. The van der Waals surface area contributed by atoms with Crippen molar-refractivity contribution in [1.82, 2.24) is 25.7 Å². The van der Waals surface area contributed by atoms with Crippen LogP contribution in [0.2, 0.25) is 0 Å². The molecule has 7 nitrogen and oxygen atoms in total. The minimum absolute atomic E-state index is 0. The minimum atomic E-state index is 0. The molecule has 0 amide bonds. The van der Waals surface area contributed by atoms with Gasteiger partial charge in [-0.05, 0) is 25.5 Å². The maximum atomic E-state index is 5.35. The average Bonchev–Trinajstić information content (AvgIpc) is 3.22. The standard InChI is InChI=1S/C13H17N5O2.ClH/c1-3-14-6-8(1)10-5-11(17-16-10)13-15-12(18-20-13)9-2-4-19-7-9;/h5,8-9,14H,1-4,6-7H2,(H,16,17);1H. The maximum Gasteiger partial charge on any atom is 0.278 e. The van der Waals surface area contributed by atoms with E-state index in [1.54, 1.807) is 0 Å². The van der Waals surface area contributed by atoms with E-state index >= 15 is 0 Å². The highest BCUT2D eigenvalue weighted by Crippen LogP contribution is 2.27. The molecule has 2 atom stereocenters. The van der Waals surface area contributed by atoms with Crippen molar-refractivity contribution in [2.75, 3.05) is 26.3 Å². The minimum Gasteiger partial charge on any atom is -0.381 e. The van der Waals surface area contributed by atoms with Crippen molar-refractivity contribution in [2.45, 2.75) is 24.7 Å². The van der Waals surface area contributed by atoms with Crippen molar-refractivity contribution in [3.05, 3.63) is 17.6 Å². The van der Waals surface area contributed by atoms with E-state index in [4.69, 9.17) is 9.26 Å². The van der Waals surface area contributed by atoms with Crippen LogP contribution in [-0.4, -0.2) is 46.6 Å². The quantitative estimate of drug-likeness (QED) is 0.892. The van der Waals surface area contributed by atoms with Crippen LogP contribution < -0.4 is 5.32 Å². The Kier molecular flexibility index (Phi) is 4.23. The number of aromatic amines is 1. The number of rotatable bonds is 3. The third-order valence-electron chi connectivity index (χ3n) is 4.05. The Labute approximate surface area is 128 Å². The third kappa shape index (κ3) is 2.81. The number of H-pyrrole nitrogens is 1. The lowest BCUT2D eigenvalue weighted by Gasteiger charge is -2.02. The van der Waals surface area contributed by atoms with Crippen molar-refractivity contribution in [3.8, 4) is 11.6 Å². The lowest BCUT2D eigenvalue weighted by atomic mass is 10.1. The molecule has 21 heavy (non-hydrogen) atoms. The fourth-order valence-electron chi connectivity index (χ4n) is 2.82. The van der Waals surface area contributed by atoms with E-state index in [1.807, 2.05) is 6.07 Å². The molecule has 2 fully saturated rings. The molecule has 2 aromatic heterocycles. The smallest absolute Gasteiger partial charge is 0.278 e. The topological polar surface area (TPSA) is 88.9 Å². The SMILES string of the molecule is Cl.c1c(-c2nc(C3CCOC3)no2)n[nH]c1C1CCNC1. The number of ether oxygens (including phenoxy) is 1. The number of aromatic nitrogens is 4. The van der Waals surface area contributed by atoms with Crippen LogP contribution in [0, 0.1) is 0 Å². The molecule has 2 aromatic rings. The molecule has 2 unspecified atom stereocenters. The Hall–Kier alpha value is -1.44. The summed E-state index contributed by atoms with van der Waals surface area (Å²) in [5.41, 5.74) is 1.86. The van der Waals surface area contributed by atoms with Crippen LogP contribution in [0.25, 0.3) is 11.6 Å². The highest BCUT2D eigenvalue weighted by Gasteiger charge is 2.25. The summed E-state index contributed by atoms with van der Waals surface area (Å²) in [6, 6.07) is 2.01. The molecule has 0 bridgehead atoms. The summed E-state index contributed by atoms with van der Waals surface area (Å²) in [6.45, 7) is 3.51. The molecule has 114 valence electrons. The second kappa shape index (κ2) is 6.13. The monoisotopic (exact) mass is 311 g/mol. The Morgan fingerprint density at radius 1 is 1.24 bits per heavy atom. The van der Waals surface area contributed by atoms with Gasteiger partial charge < -0.3 is 14.6 Å². The van der Waals surface area contributed by atoms with Gasteiger partial charge in [0.05, 0.1) is 6.61 Å². The van der Waals surface area contributed by atoms with Gasteiger partial charge in [-0.2, -0.15) is 10.1 Å². The molecule has 2 aliphatic heterocycles. The van der Waals surface area contributed by atoms with E-state index in [0.29, 0.717) is 18.4 Å². The van der Waals surface area contributed by atoms with E-state index in [9.17, 15) is 0 Å². The number of hydrogen-bond acceptors (Lipinski definition) is 6. The van der Waals surface area contributed by atoms with Gasteiger partial charge in [0.25, 0.3) is 5.89 Å². The molecular weight excluding hydrogens is 294 g/mol. The number of nitrogens with one attached hydrogen (secondary N) is 2. The summed E-state index contributed by atoms with van der Waals surface area (Å²) in [6.07, 6.45) is 2.09.